The molecule has 0 radical (unpaired) electrons. The van der Waals surface area contributed by atoms with Gasteiger partial charge in [0.2, 0.25) is 0 Å². The number of nitrogens with zero attached hydrogens (tertiary/aromatic N) is 3. The average molecular weight is 541 g/mol. The number of hydrogen-bond donors (Lipinski definition) is 1. The Hall–Kier alpha value is -4.98. The van der Waals surface area contributed by atoms with Crippen LogP contribution in [-0.2, 0) is 27.5 Å². The number of carbonyl (C=O) groups excluding carboxylic acids is 1. The Morgan fingerprint density at radius 2 is 1.68 bits per heavy atom. The van der Waals surface area contributed by atoms with Crippen LogP contribution in [0, 0.1) is 0 Å². The van der Waals surface area contributed by atoms with E-state index < -0.39 is 0 Å². The molecule has 1 N–H and O–H groups in total. The molecular weight excluding hydrogens is 512 g/mol. The van der Waals surface area contributed by atoms with Crippen molar-refractivity contribution < 1.29 is 14.7 Å². The van der Waals surface area contributed by atoms with Crippen molar-refractivity contribution in [3.63, 3.8) is 0 Å². The van der Waals surface area contributed by atoms with Gasteiger partial charge in [0.1, 0.15) is 0 Å². The van der Waals surface area contributed by atoms with Crippen molar-refractivity contribution in [1.29, 1.82) is 0 Å². The van der Waals surface area contributed by atoms with Gasteiger partial charge in [-0.1, -0.05) is 66.7 Å². The predicted molar refractivity (Wildman–Crippen MR) is 162 cm³/mol. The molecule has 2 aliphatic heterocycles. The smallest absolute Gasteiger partial charge is 0.282 e. The van der Waals surface area contributed by atoms with Crippen LogP contribution in [0.25, 0.3) is 17.2 Å². The third-order valence-electron chi connectivity index (χ3n) is 7.74. The van der Waals surface area contributed by atoms with Gasteiger partial charge in [-0.3, -0.25) is 4.79 Å². The van der Waals surface area contributed by atoms with Crippen molar-refractivity contribution in [3.8, 4) is 11.1 Å². The lowest BCUT2D eigenvalue weighted by Gasteiger charge is -2.20. The minimum Gasteiger partial charge on any atom is -0.341 e. The number of hydrogen-bond acceptors (Lipinski definition) is 6. The summed E-state index contributed by atoms with van der Waals surface area (Å²) in [6, 6.07) is 31.3. The third kappa shape index (κ3) is 4.61. The first-order chi connectivity index (χ1) is 20.2. The van der Waals surface area contributed by atoms with Gasteiger partial charge in [-0.15, -0.1) is 10.1 Å². The lowest BCUT2D eigenvalue weighted by atomic mass is 10.0. The predicted octanol–water partition coefficient (Wildman–Crippen LogP) is 6.33. The number of hydroxylamine groups is 1. The van der Waals surface area contributed by atoms with E-state index in [0.29, 0.717) is 11.3 Å². The topological polar surface area (TPSA) is 66.4 Å². The SMILES string of the molecule is COONC1=NN(c2ccccc2)C(=O)/C1=C\C=C\c1ccc2c(c1)CCN2c1ccc2c(c1)Cc1ccccc1-2. The van der Waals surface area contributed by atoms with Crippen LogP contribution in [0.15, 0.2) is 114 Å². The fourth-order valence-corrected chi connectivity index (χ4v) is 5.81. The number of amidine groups is 1. The van der Waals surface area contributed by atoms with E-state index in [2.05, 4.69) is 81.0 Å². The van der Waals surface area contributed by atoms with Crippen molar-refractivity contribution in [2.24, 2.45) is 5.10 Å². The van der Waals surface area contributed by atoms with Gasteiger partial charge in [-0.05, 0) is 88.7 Å². The van der Waals surface area contributed by atoms with Crippen LogP contribution in [0.2, 0.25) is 0 Å². The van der Waals surface area contributed by atoms with Gasteiger partial charge in [0.15, 0.2) is 5.84 Å². The molecule has 7 rings (SSSR count). The van der Waals surface area contributed by atoms with Gasteiger partial charge < -0.3 is 4.90 Å². The molecule has 0 unspecified atom stereocenters. The lowest BCUT2D eigenvalue weighted by molar-refractivity contribution is -0.300. The number of benzene rings is 4. The second-order valence-electron chi connectivity index (χ2n) is 10.2. The quantitative estimate of drug-likeness (QED) is 0.155. The molecule has 7 nitrogen and oxygen atoms in total. The van der Waals surface area contributed by atoms with Crippen LogP contribution in [0.3, 0.4) is 0 Å². The molecule has 41 heavy (non-hydrogen) atoms. The second kappa shape index (κ2) is 10.5. The summed E-state index contributed by atoms with van der Waals surface area (Å²) in [7, 11) is 1.38. The molecule has 1 amide bonds. The zero-order valence-corrected chi connectivity index (χ0v) is 22.6. The fourth-order valence-electron chi connectivity index (χ4n) is 5.81. The summed E-state index contributed by atoms with van der Waals surface area (Å²) in [5.41, 5.74) is 14.0. The molecule has 1 aliphatic carbocycles. The van der Waals surface area contributed by atoms with Gasteiger partial charge in [-0.25, -0.2) is 10.4 Å². The Morgan fingerprint density at radius 3 is 2.56 bits per heavy atom. The Kier molecular flexibility index (Phi) is 6.43. The molecule has 202 valence electrons. The van der Waals surface area contributed by atoms with E-state index in [1.807, 2.05) is 42.5 Å². The molecule has 7 heteroatoms. The third-order valence-corrected chi connectivity index (χ3v) is 7.74. The maximum absolute atomic E-state index is 13.1. The molecule has 2 heterocycles. The summed E-state index contributed by atoms with van der Waals surface area (Å²) in [6.07, 6.45) is 7.56. The molecule has 0 bridgehead atoms. The number of allylic oxidation sites excluding steroid dienone is 2. The van der Waals surface area contributed by atoms with Crippen LogP contribution >= 0.6 is 0 Å². The van der Waals surface area contributed by atoms with E-state index in [9.17, 15) is 4.79 Å². The first kappa shape index (κ1) is 25.0. The van der Waals surface area contributed by atoms with Crippen molar-refractivity contribution in [3.05, 3.63) is 131 Å². The van der Waals surface area contributed by atoms with Crippen LogP contribution in [0.5, 0.6) is 0 Å². The number of fused-ring (bicyclic) bond motifs is 4. The molecule has 4 aromatic rings. The largest absolute Gasteiger partial charge is 0.341 e. The second-order valence-corrected chi connectivity index (χ2v) is 10.2. The summed E-state index contributed by atoms with van der Waals surface area (Å²) in [6.45, 7) is 0.951. The number of carbonyl (C=O) groups is 1. The lowest BCUT2D eigenvalue weighted by Crippen LogP contribution is -2.25. The van der Waals surface area contributed by atoms with E-state index in [1.165, 1.54) is 51.3 Å². The number of para-hydroxylation sites is 1. The highest BCUT2D eigenvalue weighted by molar-refractivity contribution is 6.29. The molecule has 0 saturated carbocycles. The van der Waals surface area contributed by atoms with Crippen LogP contribution < -0.4 is 15.4 Å². The zero-order chi connectivity index (χ0) is 27.8. The summed E-state index contributed by atoms with van der Waals surface area (Å²) in [5.74, 6) is 0.0116. The first-order valence-corrected chi connectivity index (χ1v) is 13.6. The van der Waals surface area contributed by atoms with E-state index in [4.69, 9.17) is 4.99 Å². The highest BCUT2D eigenvalue weighted by Gasteiger charge is 2.31. The number of anilines is 3. The van der Waals surface area contributed by atoms with E-state index in [0.717, 1.165) is 24.9 Å². The zero-order valence-electron chi connectivity index (χ0n) is 22.6. The molecule has 0 fully saturated rings. The minimum atomic E-state index is -0.259. The van der Waals surface area contributed by atoms with Gasteiger partial charge in [-0.2, -0.15) is 5.01 Å². The minimum absolute atomic E-state index is 0.259. The Morgan fingerprint density at radius 1 is 0.854 bits per heavy atom. The maximum atomic E-state index is 13.1. The molecule has 0 spiro atoms. The average Bonchev–Trinajstić information content (AvgIpc) is 3.69. The first-order valence-electron chi connectivity index (χ1n) is 13.6. The Balaban J connectivity index is 1.10. The molecule has 3 aliphatic rings. The molecule has 0 atom stereocenters. The normalized spacial score (nSPS) is 16.4. The van der Waals surface area contributed by atoms with E-state index in [-0.39, 0.29) is 11.7 Å². The van der Waals surface area contributed by atoms with Crippen LogP contribution in [0.1, 0.15) is 22.3 Å². The molecule has 0 aromatic heterocycles. The van der Waals surface area contributed by atoms with Crippen molar-refractivity contribution >= 4 is 34.9 Å². The summed E-state index contributed by atoms with van der Waals surface area (Å²) >= 11 is 0. The molecule has 0 saturated heterocycles. The number of amides is 1. The van der Waals surface area contributed by atoms with E-state index in [1.54, 1.807) is 6.08 Å². The molecule has 4 aromatic carbocycles. The summed E-state index contributed by atoms with van der Waals surface area (Å²) in [5, 5.41) is 5.71. The standard InChI is InChI=1S/C34H28N4O3/c1-40-41-36-33-31(34(39)38(35-33)27-10-3-2-4-11-27)13-7-8-23-14-17-32-25(20-23)18-19-37(32)28-15-16-30-26(22-28)21-24-9-5-6-12-29(24)30/h2-17,20,22H,18-19,21H2,1H3,(H,35,36)/b8-7+,31-13-. The van der Waals surface area contributed by atoms with Crippen molar-refractivity contribution in [1.82, 2.24) is 5.48 Å². The van der Waals surface area contributed by atoms with Gasteiger partial charge in [0, 0.05) is 17.9 Å². The number of hydrazone groups is 1. The highest BCUT2D eigenvalue weighted by atomic mass is 17.3. The van der Waals surface area contributed by atoms with Gasteiger partial charge >= 0.3 is 0 Å². The monoisotopic (exact) mass is 540 g/mol. The number of rotatable bonds is 6. The fraction of sp³-hybridized carbons (Fsp3) is 0.118. The Bertz CT molecular complexity index is 1740. The van der Waals surface area contributed by atoms with Crippen LogP contribution in [-0.4, -0.2) is 25.4 Å². The highest BCUT2D eigenvalue weighted by Crippen LogP contribution is 2.41. The van der Waals surface area contributed by atoms with E-state index >= 15 is 0 Å². The number of nitrogens with one attached hydrogen (secondary N) is 1. The molecular formula is C34H28N4O3. The van der Waals surface area contributed by atoms with Gasteiger partial charge in [0.05, 0.1) is 18.4 Å². The maximum Gasteiger partial charge on any atom is 0.282 e. The van der Waals surface area contributed by atoms with Crippen molar-refractivity contribution in [2.45, 2.75) is 12.8 Å². The summed E-state index contributed by atoms with van der Waals surface area (Å²) in [4.78, 5) is 25.1. The summed E-state index contributed by atoms with van der Waals surface area (Å²) < 4.78 is 0. The van der Waals surface area contributed by atoms with Crippen LogP contribution in [0.4, 0.5) is 17.1 Å². The van der Waals surface area contributed by atoms with Gasteiger partial charge in [0.25, 0.3) is 5.91 Å². The Labute approximate surface area is 238 Å². The van der Waals surface area contributed by atoms with Crippen molar-refractivity contribution in [2.75, 3.05) is 23.6 Å².